The quantitative estimate of drug-likeness (QED) is 0.174. The standard InChI is InChI=1S/C26H23N5O6S2/c1-36-22-11-10-16(15-19(22)29-39(2,34)35)30-25(24(28-26(30)38)18-8-5-6-14-27-18)23-13-12-21(37-23)17-7-3-4-9-20(17)31(32)33/h3-15,24-25,29H,1-2H3,(H,28,38)/t24-,25+/m0/s1. The van der Waals surface area contributed by atoms with E-state index in [1.165, 1.54) is 13.2 Å². The summed E-state index contributed by atoms with van der Waals surface area (Å²) in [5.74, 6) is 1.13. The minimum absolute atomic E-state index is 0.0803. The second kappa shape index (κ2) is 10.3. The van der Waals surface area contributed by atoms with E-state index in [1.807, 2.05) is 12.1 Å². The van der Waals surface area contributed by atoms with Crippen LogP contribution in [-0.4, -0.2) is 36.8 Å². The van der Waals surface area contributed by atoms with Crippen LogP contribution < -0.4 is 19.7 Å². The van der Waals surface area contributed by atoms with Gasteiger partial charge < -0.3 is 19.4 Å². The number of sulfonamides is 1. The summed E-state index contributed by atoms with van der Waals surface area (Å²) in [4.78, 5) is 17.5. The van der Waals surface area contributed by atoms with E-state index < -0.39 is 27.0 Å². The number of anilines is 2. The molecule has 3 heterocycles. The van der Waals surface area contributed by atoms with Gasteiger partial charge in [0.1, 0.15) is 23.3 Å². The van der Waals surface area contributed by atoms with Crippen molar-refractivity contribution in [3.05, 3.63) is 101 Å². The lowest BCUT2D eigenvalue weighted by Crippen LogP contribution is -2.29. The number of pyridine rings is 1. The highest BCUT2D eigenvalue weighted by Crippen LogP contribution is 2.45. The molecule has 0 spiro atoms. The van der Waals surface area contributed by atoms with Gasteiger partial charge in [-0.3, -0.25) is 19.8 Å². The van der Waals surface area contributed by atoms with Gasteiger partial charge in [0.05, 0.1) is 41.3 Å². The molecule has 5 rings (SSSR count). The molecule has 0 aliphatic carbocycles. The van der Waals surface area contributed by atoms with Crippen LogP contribution in [0.3, 0.4) is 0 Å². The zero-order valence-corrected chi connectivity index (χ0v) is 22.4. The van der Waals surface area contributed by atoms with Crippen LogP contribution in [0.5, 0.6) is 5.75 Å². The first-order valence-electron chi connectivity index (χ1n) is 11.7. The molecule has 1 saturated heterocycles. The van der Waals surface area contributed by atoms with Crippen LogP contribution in [0.1, 0.15) is 23.5 Å². The van der Waals surface area contributed by atoms with Crippen molar-refractivity contribution >= 4 is 44.4 Å². The Labute approximate surface area is 229 Å². The Morgan fingerprint density at radius 2 is 1.90 bits per heavy atom. The second-order valence-electron chi connectivity index (χ2n) is 8.73. The monoisotopic (exact) mass is 565 g/mol. The number of aromatic nitrogens is 1. The van der Waals surface area contributed by atoms with Gasteiger partial charge in [0.15, 0.2) is 5.11 Å². The third kappa shape index (κ3) is 5.26. The molecule has 0 saturated carbocycles. The predicted molar refractivity (Wildman–Crippen MR) is 150 cm³/mol. The van der Waals surface area contributed by atoms with E-state index in [-0.39, 0.29) is 11.4 Å². The van der Waals surface area contributed by atoms with Crippen LogP contribution in [-0.2, 0) is 10.0 Å². The molecular weight excluding hydrogens is 542 g/mol. The molecule has 2 aromatic carbocycles. The molecule has 0 unspecified atom stereocenters. The van der Waals surface area contributed by atoms with Crippen molar-refractivity contribution in [2.24, 2.45) is 0 Å². The first kappa shape index (κ1) is 26.1. The Morgan fingerprint density at radius 3 is 2.59 bits per heavy atom. The number of para-hydroxylation sites is 1. The molecule has 13 heteroatoms. The fourth-order valence-electron chi connectivity index (χ4n) is 4.54. The predicted octanol–water partition coefficient (Wildman–Crippen LogP) is 4.81. The third-order valence-electron chi connectivity index (χ3n) is 6.14. The maximum absolute atomic E-state index is 12.0. The SMILES string of the molecule is COc1ccc(N2C(=S)N[C@@H](c3ccccn3)[C@H]2c2ccc(-c3ccccc3[N+](=O)[O-])o2)cc1NS(C)(=O)=O. The van der Waals surface area contributed by atoms with Crippen molar-refractivity contribution in [1.29, 1.82) is 0 Å². The molecule has 0 radical (unpaired) electrons. The second-order valence-corrected chi connectivity index (χ2v) is 10.9. The highest BCUT2D eigenvalue weighted by Gasteiger charge is 2.43. The van der Waals surface area contributed by atoms with E-state index in [4.69, 9.17) is 21.4 Å². The van der Waals surface area contributed by atoms with Crippen molar-refractivity contribution in [1.82, 2.24) is 10.3 Å². The van der Waals surface area contributed by atoms with Crippen LogP contribution >= 0.6 is 12.2 Å². The smallest absolute Gasteiger partial charge is 0.280 e. The number of hydrogen-bond donors (Lipinski definition) is 2. The van der Waals surface area contributed by atoms with Gasteiger partial charge in [-0.05, 0) is 60.7 Å². The van der Waals surface area contributed by atoms with Crippen LogP contribution in [0.25, 0.3) is 11.3 Å². The van der Waals surface area contributed by atoms with Crippen molar-refractivity contribution < 1.29 is 22.5 Å². The summed E-state index contributed by atoms with van der Waals surface area (Å²) < 4.78 is 38.1. The maximum Gasteiger partial charge on any atom is 0.280 e. The van der Waals surface area contributed by atoms with E-state index >= 15 is 0 Å². The molecular formula is C26H23N5O6S2. The summed E-state index contributed by atoms with van der Waals surface area (Å²) in [6.07, 6.45) is 2.72. The molecule has 0 bridgehead atoms. The summed E-state index contributed by atoms with van der Waals surface area (Å²) >= 11 is 5.73. The van der Waals surface area contributed by atoms with Gasteiger partial charge >= 0.3 is 0 Å². The van der Waals surface area contributed by atoms with Gasteiger partial charge in [-0.2, -0.15) is 0 Å². The molecule has 2 N–H and O–H groups in total. The number of methoxy groups -OCH3 is 1. The number of ether oxygens (including phenoxy) is 1. The van der Waals surface area contributed by atoms with E-state index in [0.717, 1.165) is 6.26 Å². The van der Waals surface area contributed by atoms with E-state index in [9.17, 15) is 18.5 Å². The van der Waals surface area contributed by atoms with Crippen molar-refractivity contribution in [2.75, 3.05) is 23.0 Å². The van der Waals surface area contributed by atoms with Gasteiger partial charge in [-0.1, -0.05) is 18.2 Å². The normalized spacial score (nSPS) is 17.1. The molecule has 2 atom stereocenters. The van der Waals surface area contributed by atoms with Crippen LogP contribution in [0.2, 0.25) is 0 Å². The first-order valence-corrected chi connectivity index (χ1v) is 14.0. The number of hydrogen-bond acceptors (Lipinski definition) is 8. The first-order chi connectivity index (χ1) is 18.7. The molecule has 1 fully saturated rings. The lowest BCUT2D eigenvalue weighted by Gasteiger charge is -2.27. The number of thiocarbonyl (C=S) groups is 1. The molecule has 4 aromatic rings. The summed E-state index contributed by atoms with van der Waals surface area (Å²) in [5, 5.41) is 15.3. The van der Waals surface area contributed by atoms with Crippen LogP contribution in [0.15, 0.2) is 83.4 Å². The number of rotatable bonds is 8. The van der Waals surface area contributed by atoms with Crippen molar-refractivity contribution in [3.8, 4) is 17.1 Å². The average Bonchev–Trinajstić information content (AvgIpc) is 3.53. The van der Waals surface area contributed by atoms with E-state index in [1.54, 1.807) is 65.7 Å². The largest absolute Gasteiger partial charge is 0.495 e. The summed E-state index contributed by atoms with van der Waals surface area (Å²) in [7, 11) is -2.16. The third-order valence-corrected chi connectivity index (χ3v) is 7.04. The number of benzene rings is 2. The molecule has 0 amide bonds. The summed E-state index contributed by atoms with van der Waals surface area (Å²) in [6.45, 7) is 0. The Morgan fingerprint density at radius 1 is 1.13 bits per heavy atom. The molecule has 200 valence electrons. The van der Waals surface area contributed by atoms with Gasteiger partial charge in [-0.15, -0.1) is 0 Å². The van der Waals surface area contributed by atoms with Gasteiger partial charge in [0.25, 0.3) is 5.69 Å². The zero-order valence-electron chi connectivity index (χ0n) is 20.8. The molecule has 1 aliphatic rings. The molecule has 2 aromatic heterocycles. The Hall–Kier alpha value is -4.49. The minimum atomic E-state index is -3.60. The number of nitrogens with zero attached hydrogens (tertiary/aromatic N) is 3. The van der Waals surface area contributed by atoms with Crippen LogP contribution in [0.4, 0.5) is 17.1 Å². The van der Waals surface area contributed by atoms with E-state index in [0.29, 0.717) is 39.3 Å². The van der Waals surface area contributed by atoms with Gasteiger partial charge in [0.2, 0.25) is 10.0 Å². The van der Waals surface area contributed by atoms with Crippen LogP contribution in [0, 0.1) is 10.1 Å². The number of nitrogens with one attached hydrogen (secondary N) is 2. The lowest BCUT2D eigenvalue weighted by molar-refractivity contribution is -0.384. The van der Waals surface area contributed by atoms with E-state index in [2.05, 4.69) is 15.0 Å². The lowest BCUT2D eigenvalue weighted by atomic mass is 10.0. The van der Waals surface area contributed by atoms with Gasteiger partial charge in [-0.25, -0.2) is 8.42 Å². The average molecular weight is 566 g/mol. The Bertz CT molecular complexity index is 1660. The topological polar surface area (TPSA) is 140 Å². The highest BCUT2D eigenvalue weighted by atomic mass is 32.2. The maximum atomic E-state index is 12.0. The summed E-state index contributed by atoms with van der Waals surface area (Å²) in [5.41, 5.74) is 1.75. The number of furan rings is 1. The summed E-state index contributed by atoms with van der Waals surface area (Å²) in [6, 6.07) is 19.3. The Kier molecular flexibility index (Phi) is 6.93. The molecule has 39 heavy (non-hydrogen) atoms. The highest BCUT2D eigenvalue weighted by molar-refractivity contribution is 7.92. The molecule has 1 aliphatic heterocycles. The fourth-order valence-corrected chi connectivity index (χ4v) is 5.45. The van der Waals surface area contributed by atoms with Crippen molar-refractivity contribution in [2.45, 2.75) is 12.1 Å². The minimum Gasteiger partial charge on any atom is -0.495 e. The van der Waals surface area contributed by atoms with Gasteiger partial charge in [0, 0.05) is 18.0 Å². The fraction of sp³-hybridized carbons (Fsp3) is 0.154. The van der Waals surface area contributed by atoms with Crippen molar-refractivity contribution in [3.63, 3.8) is 0 Å². The number of nitro groups is 1. The zero-order chi connectivity index (χ0) is 27.7. The number of nitro benzene ring substituents is 1. The molecule has 11 nitrogen and oxygen atoms in total. The Balaban J connectivity index is 1.63.